The van der Waals surface area contributed by atoms with Gasteiger partial charge in [-0.05, 0) is 64.2 Å². The summed E-state index contributed by atoms with van der Waals surface area (Å²) in [5.74, 6) is -0.182. The highest BCUT2D eigenvalue weighted by molar-refractivity contribution is 7.47. The number of carbonyl (C=O) groups excluding carboxylic acids is 1. The van der Waals surface area contributed by atoms with Gasteiger partial charge >= 0.3 is 7.82 Å². The van der Waals surface area contributed by atoms with Crippen molar-refractivity contribution in [3.63, 3.8) is 0 Å². The van der Waals surface area contributed by atoms with E-state index in [9.17, 15) is 19.4 Å². The maximum atomic E-state index is 13.0. The van der Waals surface area contributed by atoms with Gasteiger partial charge in [0.15, 0.2) is 0 Å². The Labute approximate surface area is 473 Å². The minimum absolute atomic E-state index is 0.0568. The lowest BCUT2D eigenvalue weighted by Gasteiger charge is -2.25. The van der Waals surface area contributed by atoms with E-state index in [-0.39, 0.29) is 19.1 Å². The summed E-state index contributed by atoms with van der Waals surface area (Å²) in [7, 11) is 1.57. The Morgan fingerprint density at radius 3 is 1.13 bits per heavy atom. The predicted molar refractivity (Wildman–Crippen MR) is 332 cm³/mol. The molecule has 0 bridgehead atoms. The first kappa shape index (κ1) is 74.5. The summed E-state index contributed by atoms with van der Waals surface area (Å²) >= 11 is 0. The molecule has 0 saturated heterocycles. The molecule has 3 N–H and O–H groups in total. The van der Waals surface area contributed by atoms with Crippen LogP contribution in [0.4, 0.5) is 0 Å². The number of hydrogen-bond donors (Lipinski definition) is 3. The first-order valence-electron chi connectivity index (χ1n) is 33.0. The average molecular weight is 1090 g/mol. The molecule has 0 radical (unpaired) electrons. The number of likely N-dealkylation sites (N-methyl/N-ethyl adjacent to an activating group) is 1. The SMILES string of the molecule is CCCCCCC/C=C\C/C=C\CCCCCCCCCCCCCCCCCCCC(=O)NC(COP(=O)(O)OCC[N+](C)(C)C)C(O)/C=C/CC/C=C/CCCCCCCCCCCCCCCCCCCCC. The van der Waals surface area contributed by atoms with Gasteiger partial charge in [0.25, 0.3) is 0 Å². The molecule has 9 heteroatoms. The number of aliphatic hydroxyl groups is 1. The monoisotopic (exact) mass is 1090 g/mol. The number of nitrogens with one attached hydrogen (secondary N) is 1. The molecule has 0 spiro atoms. The summed E-state index contributed by atoms with van der Waals surface area (Å²) in [6.07, 6.45) is 78.2. The molecule has 0 fully saturated rings. The van der Waals surface area contributed by atoms with Gasteiger partial charge in [-0.25, -0.2) is 4.57 Å². The number of phosphoric ester groups is 1. The van der Waals surface area contributed by atoms with Gasteiger partial charge in [0.2, 0.25) is 5.91 Å². The van der Waals surface area contributed by atoms with E-state index >= 15 is 0 Å². The maximum absolute atomic E-state index is 13.0. The molecule has 0 aliphatic rings. The van der Waals surface area contributed by atoms with Crippen molar-refractivity contribution in [3.05, 3.63) is 48.6 Å². The van der Waals surface area contributed by atoms with E-state index in [0.29, 0.717) is 17.4 Å². The highest BCUT2D eigenvalue weighted by Gasteiger charge is 2.28. The number of amides is 1. The summed E-state index contributed by atoms with van der Waals surface area (Å²) < 4.78 is 23.8. The maximum Gasteiger partial charge on any atom is 0.472 e. The number of hydrogen-bond acceptors (Lipinski definition) is 5. The van der Waals surface area contributed by atoms with Crippen molar-refractivity contribution in [2.75, 3.05) is 40.9 Å². The van der Waals surface area contributed by atoms with Gasteiger partial charge in [0, 0.05) is 6.42 Å². The second-order valence-corrected chi connectivity index (χ2v) is 25.3. The molecule has 0 aliphatic carbocycles. The van der Waals surface area contributed by atoms with E-state index < -0.39 is 20.0 Å². The quantitative estimate of drug-likeness (QED) is 0.0243. The lowest BCUT2D eigenvalue weighted by Crippen LogP contribution is -2.45. The Bertz CT molecular complexity index is 1380. The predicted octanol–water partition coefficient (Wildman–Crippen LogP) is 20.7. The molecule has 0 heterocycles. The van der Waals surface area contributed by atoms with Crippen LogP contribution in [0, 0.1) is 0 Å². The summed E-state index contributed by atoms with van der Waals surface area (Å²) in [6.45, 7) is 4.83. The van der Waals surface area contributed by atoms with E-state index in [1.54, 1.807) is 6.08 Å². The minimum Gasteiger partial charge on any atom is -0.387 e. The van der Waals surface area contributed by atoms with Crippen LogP contribution >= 0.6 is 7.82 Å². The zero-order valence-electron chi connectivity index (χ0n) is 51.3. The van der Waals surface area contributed by atoms with E-state index in [2.05, 4.69) is 55.6 Å². The molecule has 448 valence electrons. The van der Waals surface area contributed by atoms with Gasteiger partial charge in [-0.1, -0.05) is 300 Å². The van der Waals surface area contributed by atoms with Crippen molar-refractivity contribution >= 4 is 13.7 Å². The van der Waals surface area contributed by atoms with Crippen molar-refractivity contribution in [2.24, 2.45) is 0 Å². The van der Waals surface area contributed by atoms with Crippen molar-refractivity contribution in [1.82, 2.24) is 5.32 Å². The van der Waals surface area contributed by atoms with Crippen molar-refractivity contribution in [3.8, 4) is 0 Å². The second-order valence-electron chi connectivity index (χ2n) is 23.8. The van der Waals surface area contributed by atoms with Crippen LogP contribution in [0.2, 0.25) is 0 Å². The number of rotatable bonds is 61. The van der Waals surface area contributed by atoms with Gasteiger partial charge in [-0.2, -0.15) is 0 Å². The number of unbranched alkanes of at least 4 members (excludes halogenated alkanes) is 42. The van der Waals surface area contributed by atoms with Crippen molar-refractivity contribution < 1.29 is 32.9 Å². The first-order valence-corrected chi connectivity index (χ1v) is 34.5. The second kappa shape index (κ2) is 58.1. The molecular weight excluding hydrogens is 960 g/mol. The van der Waals surface area contributed by atoms with Gasteiger partial charge in [0.05, 0.1) is 39.9 Å². The minimum atomic E-state index is -4.36. The van der Waals surface area contributed by atoms with Gasteiger partial charge in [-0.15, -0.1) is 0 Å². The van der Waals surface area contributed by atoms with Gasteiger partial charge < -0.3 is 19.8 Å². The number of phosphoric acid groups is 1. The van der Waals surface area contributed by atoms with Crippen LogP contribution in [-0.2, 0) is 18.4 Å². The average Bonchev–Trinajstić information content (AvgIpc) is 3.38. The Kier molecular flexibility index (Phi) is 56.9. The van der Waals surface area contributed by atoms with Crippen LogP contribution in [0.15, 0.2) is 48.6 Å². The zero-order chi connectivity index (χ0) is 55.6. The number of nitrogens with zero attached hydrogens (tertiary/aromatic N) is 1. The van der Waals surface area contributed by atoms with Crippen molar-refractivity contribution in [1.29, 1.82) is 0 Å². The largest absolute Gasteiger partial charge is 0.472 e. The van der Waals surface area contributed by atoms with Crippen LogP contribution < -0.4 is 5.32 Å². The zero-order valence-corrected chi connectivity index (χ0v) is 52.2. The Hall–Kier alpha value is -1.54. The number of aliphatic hydroxyl groups excluding tert-OH is 1. The highest BCUT2D eigenvalue weighted by Crippen LogP contribution is 2.43. The molecule has 0 aromatic heterocycles. The Morgan fingerprint density at radius 2 is 0.763 bits per heavy atom. The van der Waals surface area contributed by atoms with E-state index in [0.717, 1.165) is 44.9 Å². The molecule has 76 heavy (non-hydrogen) atoms. The lowest BCUT2D eigenvalue weighted by molar-refractivity contribution is -0.870. The molecule has 8 nitrogen and oxygen atoms in total. The number of allylic oxidation sites excluding steroid dienone is 7. The van der Waals surface area contributed by atoms with Crippen molar-refractivity contribution in [2.45, 2.75) is 334 Å². The number of quaternary nitrogens is 1. The fourth-order valence-electron chi connectivity index (χ4n) is 9.86. The van der Waals surface area contributed by atoms with Crippen LogP contribution in [-0.4, -0.2) is 73.4 Å². The summed E-state index contributed by atoms with van der Waals surface area (Å²) in [6, 6.07) is -0.865. The van der Waals surface area contributed by atoms with Crippen LogP contribution in [0.3, 0.4) is 0 Å². The summed E-state index contributed by atoms with van der Waals surface area (Å²) in [5.41, 5.74) is 0. The standard InChI is InChI=1S/C67H129N2O6P/c1-6-8-10-12-14-16-18-20-22-24-26-28-30-32-33-34-35-37-39-41-43-45-47-49-51-53-55-57-59-61-67(71)68-65(64-75-76(72,73)74-63-62-69(3,4)5)66(70)60-58-56-54-52-50-48-46-44-42-40-38-36-31-29-27-25-23-21-19-17-15-13-11-9-7-2/h18,20,24,26,50,52,58,60,65-66,70H,6-17,19,21-23,25,27-49,51,53-57,59,61-64H2,1-5H3,(H-,68,71,72,73)/p+1/b20-18-,26-24-,52-50+,60-58+. The fourth-order valence-corrected chi connectivity index (χ4v) is 10.6. The topological polar surface area (TPSA) is 105 Å². The normalized spacial score (nSPS) is 14.0. The Morgan fingerprint density at radius 1 is 0.447 bits per heavy atom. The first-order chi connectivity index (χ1) is 37.0. The molecule has 0 aliphatic heterocycles. The van der Waals surface area contributed by atoms with E-state index in [1.165, 1.54) is 257 Å². The highest BCUT2D eigenvalue weighted by atomic mass is 31.2. The molecule has 3 unspecified atom stereocenters. The summed E-state index contributed by atoms with van der Waals surface area (Å²) in [5, 5.41) is 14.0. The molecule has 0 saturated carbocycles. The molecule has 0 aromatic rings. The van der Waals surface area contributed by atoms with Crippen LogP contribution in [0.5, 0.6) is 0 Å². The third kappa shape index (κ3) is 60.1. The fraction of sp³-hybridized carbons (Fsp3) is 0.866. The molecule has 1 amide bonds. The summed E-state index contributed by atoms with van der Waals surface area (Å²) in [4.78, 5) is 23.4. The molecule has 0 rings (SSSR count). The molecule has 3 atom stereocenters. The Balaban J connectivity index is 4.13. The third-order valence-electron chi connectivity index (χ3n) is 15.0. The van der Waals surface area contributed by atoms with E-state index in [1.807, 2.05) is 27.2 Å². The third-order valence-corrected chi connectivity index (χ3v) is 16.0. The van der Waals surface area contributed by atoms with Crippen LogP contribution in [0.1, 0.15) is 322 Å². The lowest BCUT2D eigenvalue weighted by atomic mass is 10.0. The smallest absolute Gasteiger partial charge is 0.387 e. The van der Waals surface area contributed by atoms with E-state index in [4.69, 9.17) is 9.05 Å². The molecular formula is C67H130N2O6P+. The van der Waals surface area contributed by atoms with Crippen LogP contribution in [0.25, 0.3) is 0 Å². The molecule has 0 aromatic carbocycles. The van der Waals surface area contributed by atoms with Gasteiger partial charge in [0.1, 0.15) is 13.2 Å². The van der Waals surface area contributed by atoms with Gasteiger partial charge in [-0.3, -0.25) is 13.8 Å². The number of carbonyl (C=O) groups is 1.